The summed E-state index contributed by atoms with van der Waals surface area (Å²) in [7, 11) is 2.10. The van der Waals surface area contributed by atoms with Crippen molar-refractivity contribution in [3.05, 3.63) is 29.6 Å². The van der Waals surface area contributed by atoms with E-state index in [0.717, 1.165) is 25.2 Å². The molecule has 2 rings (SSSR count). The summed E-state index contributed by atoms with van der Waals surface area (Å²) in [5.41, 5.74) is 3.27. The van der Waals surface area contributed by atoms with Crippen LogP contribution in [0, 0.1) is 0 Å². The molecule has 3 heteroatoms. The molecule has 0 fully saturated rings. The zero-order valence-electron chi connectivity index (χ0n) is 7.80. The lowest BCUT2D eigenvalue weighted by molar-refractivity contribution is 0.312. The van der Waals surface area contributed by atoms with E-state index in [9.17, 15) is 5.11 Å². The minimum absolute atomic E-state index is 0.122. The first-order valence-corrected chi connectivity index (χ1v) is 4.44. The third-order valence-corrected chi connectivity index (χ3v) is 2.49. The second-order valence-corrected chi connectivity index (χ2v) is 3.62. The van der Waals surface area contributed by atoms with Crippen molar-refractivity contribution in [2.24, 2.45) is 0 Å². The quantitative estimate of drug-likeness (QED) is 0.640. The summed E-state index contributed by atoms with van der Waals surface area (Å²) in [5.74, 6) is 0.122. The van der Waals surface area contributed by atoms with Gasteiger partial charge < -0.3 is 15.0 Å². The standard InChI is InChI=1S/C10H14N2O/c1-7(13)10-5-8-6-12(2)4-3-9(8)11-10/h5,11,13H,1,3-4,6H2,2H3. The van der Waals surface area contributed by atoms with Crippen LogP contribution in [0.5, 0.6) is 0 Å². The van der Waals surface area contributed by atoms with E-state index in [4.69, 9.17) is 0 Å². The topological polar surface area (TPSA) is 39.3 Å². The highest BCUT2D eigenvalue weighted by Crippen LogP contribution is 2.20. The summed E-state index contributed by atoms with van der Waals surface area (Å²) in [6.07, 6.45) is 1.03. The van der Waals surface area contributed by atoms with Crippen LogP contribution in [0.1, 0.15) is 17.0 Å². The first kappa shape index (κ1) is 8.38. The van der Waals surface area contributed by atoms with E-state index in [0.29, 0.717) is 0 Å². The number of aromatic nitrogens is 1. The average Bonchev–Trinajstić information content (AvgIpc) is 2.46. The van der Waals surface area contributed by atoms with E-state index in [1.807, 2.05) is 6.07 Å². The van der Waals surface area contributed by atoms with Crippen molar-refractivity contribution in [2.75, 3.05) is 13.6 Å². The maximum atomic E-state index is 9.20. The van der Waals surface area contributed by atoms with Gasteiger partial charge in [-0.1, -0.05) is 6.58 Å². The summed E-state index contributed by atoms with van der Waals surface area (Å²) in [6.45, 7) is 5.53. The van der Waals surface area contributed by atoms with Crippen LogP contribution in [-0.4, -0.2) is 28.6 Å². The van der Waals surface area contributed by atoms with Crippen LogP contribution in [0.4, 0.5) is 0 Å². The minimum atomic E-state index is 0.122. The zero-order chi connectivity index (χ0) is 9.42. The highest BCUT2D eigenvalue weighted by molar-refractivity contribution is 5.54. The number of aliphatic hydroxyl groups excluding tert-OH is 1. The molecule has 0 aromatic carbocycles. The Kier molecular flexibility index (Phi) is 1.88. The molecule has 0 amide bonds. The molecule has 0 atom stereocenters. The van der Waals surface area contributed by atoms with Gasteiger partial charge >= 0.3 is 0 Å². The van der Waals surface area contributed by atoms with Crippen molar-refractivity contribution >= 4 is 5.76 Å². The van der Waals surface area contributed by atoms with Crippen LogP contribution in [0.15, 0.2) is 12.6 Å². The molecule has 0 saturated heterocycles. The molecule has 1 aliphatic heterocycles. The Morgan fingerprint density at radius 1 is 1.69 bits per heavy atom. The normalized spacial score (nSPS) is 17.0. The van der Waals surface area contributed by atoms with Crippen molar-refractivity contribution < 1.29 is 5.11 Å². The number of nitrogens with one attached hydrogen (secondary N) is 1. The third-order valence-electron chi connectivity index (χ3n) is 2.49. The number of H-pyrrole nitrogens is 1. The minimum Gasteiger partial charge on any atom is -0.506 e. The average molecular weight is 178 g/mol. The number of hydrogen-bond donors (Lipinski definition) is 2. The molecule has 1 aliphatic rings. The zero-order valence-corrected chi connectivity index (χ0v) is 7.80. The number of fused-ring (bicyclic) bond motifs is 1. The van der Waals surface area contributed by atoms with Crippen molar-refractivity contribution in [1.29, 1.82) is 0 Å². The Morgan fingerprint density at radius 3 is 3.15 bits per heavy atom. The predicted molar refractivity (Wildman–Crippen MR) is 52.5 cm³/mol. The van der Waals surface area contributed by atoms with E-state index in [1.54, 1.807) is 0 Å². The second kappa shape index (κ2) is 2.92. The number of aliphatic hydroxyl groups is 1. The van der Waals surface area contributed by atoms with E-state index >= 15 is 0 Å². The summed E-state index contributed by atoms with van der Waals surface area (Å²) in [6, 6.07) is 1.98. The largest absolute Gasteiger partial charge is 0.506 e. The molecule has 0 saturated carbocycles. The van der Waals surface area contributed by atoms with Gasteiger partial charge in [0.1, 0.15) is 5.76 Å². The van der Waals surface area contributed by atoms with Gasteiger partial charge in [0, 0.05) is 25.2 Å². The maximum absolute atomic E-state index is 9.20. The van der Waals surface area contributed by atoms with Crippen molar-refractivity contribution in [1.82, 2.24) is 9.88 Å². The molecule has 70 valence electrons. The van der Waals surface area contributed by atoms with E-state index in [2.05, 4.69) is 23.5 Å². The van der Waals surface area contributed by atoms with Gasteiger partial charge in [-0.05, 0) is 18.7 Å². The molecule has 0 spiro atoms. The molecule has 13 heavy (non-hydrogen) atoms. The molecule has 2 heterocycles. The van der Waals surface area contributed by atoms with Crippen LogP contribution in [0.3, 0.4) is 0 Å². The van der Waals surface area contributed by atoms with Crippen molar-refractivity contribution in [3.8, 4) is 0 Å². The number of nitrogens with zero attached hydrogens (tertiary/aromatic N) is 1. The molecule has 0 unspecified atom stereocenters. The molecule has 1 aromatic heterocycles. The number of hydrogen-bond acceptors (Lipinski definition) is 2. The summed E-state index contributed by atoms with van der Waals surface area (Å²) in [5, 5.41) is 9.20. The summed E-state index contributed by atoms with van der Waals surface area (Å²) >= 11 is 0. The third kappa shape index (κ3) is 1.47. The molecule has 3 nitrogen and oxygen atoms in total. The number of aromatic amines is 1. The fourth-order valence-electron chi connectivity index (χ4n) is 1.73. The van der Waals surface area contributed by atoms with Crippen molar-refractivity contribution in [3.63, 3.8) is 0 Å². The molecule has 0 bridgehead atoms. The van der Waals surface area contributed by atoms with Gasteiger partial charge in [0.2, 0.25) is 0 Å². The van der Waals surface area contributed by atoms with Crippen LogP contribution < -0.4 is 0 Å². The maximum Gasteiger partial charge on any atom is 0.131 e. The fraction of sp³-hybridized carbons (Fsp3) is 0.400. The molecular formula is C10H14N2O. The van der Waals surface area contributed by atoms with Crippen LogP contribution in [0.2, 0.25) is 0 Å². The lowest BCUT2D eigenvalue weighted by Gasteiger charge is -2.21. The molecule has 0 radical (unpaired) electrons. The summed E-state index contributed by atoms with van der Waals surface area (Å²) in [4.78, 5) is 5.44. The Morgan fingerprint density at radius 2 is 2.46 bits per heavy atom. The molecule has 2 N–H and O–H groups in total. The van der Waals surface area contributed by atoms with Crippen LogP contribution in [-0.2, 0) is 13.0 Å². The number of rotatable bonds is 1. The van der Waals surface area contributed by atoms with Crippen molar-refractivity contribution in [2.45, 2.75) is 13.0 Å². The van der Waals surface area contributed by atoms with E-state index in [-0.39, 0.29) is 5.76 Å². The Bertz CT molecular complexity index is 341. The Hall–Kier alpha value is -1.22. The Balaban J connectivity index is 2.33. The van der Waals surface area contributed by atoms with Gasteiger partial charge in [0.25, 0.3) is 0 Å². The first-order chi connectivity index (χ1) is 6.16. The highest BCUT2D eigenvalue weighted by atomic mass is 16.3. The smallest absolute Gasteiger partial charge is 0.131 e. The summed E-state index contributed by atoms with van der Waals surface area (Å²) < 4.78 is 0. The van der Waals surface area contributed by atoms with Gasteiger partial charge in [-0.3, -0.25) is 0 Å². The second-order valence-electron chi connectivity index (χ2n) is 3.62. The highest BCUT2D eigenvalue weighted by Gasteiger charge is 2.16. The number of likely N-dealkylation sites (N-methyl/N-ethyl adjacent to an activating group) is 1. The fourth-order valence-corrected chi connectivity index (χ4v) is 1.73. The van der Waals surface area contributed by atoms with Gasteiger partial charge in [0.05, 0.1) is 5.69 Å². The van der Waals surface area contributed by atoms with Crippen LogP contribution >= 0.6 is 0 Å². The van der Waals surface area contributed by atoms with Gasteiger partial charge in [0.15, 0.2) is 0 Å². The van der Waals surface area contributed by atoms with E-state index < -0.39 is 0 Å². The monoisotopic (exact) mass is 178 g/mol. The van der Waals surface area contributed by atoms with Crippen LogP contribution in [0.25, 0.3) is 5.76 Å². The lowest BCUT2D eigenvalue weighted by atomic mass is 10.1. The predicted octanol–water partition coefficient (Wildman–Crippen LogP) is 1.53. The lowest BCUT2D eigenvalue weighted by Crippen LogP contribution is -2.25. The van der Waals surface area contributed by atoms with Gasteiger partial charge in [-0.15, -0.1) is 0 Å². The molecular weight excluding hydrogens is 164 g/mol. The SMILES string of the molecule is C=C(O)c1cc2c([nH]1)CCN(C)C2. The molecule has 0 aliphatic carbocycles. The van der Waals surface area contributed by atoms with Gasteiger partial charge in [-0.2, -0.15) is 0 Å². The van der Waals surface area contributed by atoms with Gasteiger partial charge in [-0.25, -0.2) is 0 Å². The molecule has 1 aromatic rings. The Labute approximate surface area is 77.7 Å². The first-order valence-electron chi connectivity index (χ1n) is 4.44. The van der Waals surface area contributed by atoms with E-state index in [1.165, 1.54) is 11.3 Å².